The molecule has 1 atom stereocenters. The molecule has 12 heteroatoms. The van der Waals surface area contributed by atoms with Crippen LogP contribution in [-0.2, 0) is 32.6 Å². The van der Waals surface area contributed by atoms with Crippen molar-refractivity contribution in [2.75, 3.05) is 24.0 Å². The maximum Gasteiger partial charge on any atom is 0.264 e. The summed E-state index contributed by atoms with van der Waals surface area (Å²) in [5.74, 6) is -0.595. The number of nitrogens with zero attached hydrogens (tertiary/aromatic N) is 2. The Bertz CT molecular complexity index is 1810. The Morgan fingerprint density at radius 3 is 2.15 bits per heavy atom. The van der Waals surface area contributed by atoms with Gasteiger partial charge in [0.15, 0.2) is 0 Å². The zero-order chi connectivity index (χ0) is 34.8. The summed E-state index contributed by atoms with van der Waals surface area (Å²) in [7, 11) is -4.35. The van der Waals surface area contributed by atoms with Crippen molar-refractivity contribution < 1.29 is 22.7 Å². The largest absolute Gasteiger partial charge is 0.492 e. The van der Waals surface area contributed by atoms with Gasteiger partial charge >= 0.3 is 0 Å². The first-order valence-corrected chi connectivity index (χ1v) is 18.0. The van der Waals surface area contributed by atoms with E-state index in [-0.39, 0.29) is 47.7 Å². The molecule has 0 saturated heterocycles. The Hall–Kier alpha value is -3.76. The Balaban J connectivity index is 1.85. The van der Waals surface area contributed by atoms with Crippen LogP contribution in [0.2, 0.25) is 15.1 Å². The fraction of sp³-hybridized carbons (Fsp3) is 0.278. The van der Waals surface area contributed by atoms with Crippen molar-refractivity contribution in [3.8, 4) is 5.75 Å². The molecule has 4 aromatic rings. The molecule has 0 unspecified atom stereocenters. The van der Waals surface area contributed by atoms with Crippen LogP contribution in [0.1, 0.15) is 31.9 Å². The third-order valence-corrected chi connectivity index (χ3v) is 10.0. The van der Waals surface area contributed by atoms with Crippen molar-refractivity contribution >= 4 is 62.3 Å². The summed E-state index contributed by atoms with van der Waals surface area (Å²) >= 11 is 18.9. The molecule has 0 saturated carbocycles. The second-order valence-corrected chi connectivity index (χ2v) is 14.6. The second kappa shape index (κ2) is 17.1. The number of halogens is 3. The summed E-state index contributed by atoms with van der Waals surface area (Å²) in [5, 5.41) is 4.03. The molecule has 0 aliphatic rings. The van der Waals surface area contributed by atoms with Gasteiger partial charge in [0.25, 0.3) is 10.0 Å². The summed E-state index contributed by atoms with van der Waals surface area (Å²) in [4.78, 5) is 29.9. The van der Waals surface area contributed by atoms with E-state index in [0.717, 1.165) is 9.87 Å². The minimum absolute atomic E-state index is 0.0752. The van der Waals surface area contributed by atoms with Crippen LogP contribution >= 0.6 is 34.8 Å². The van der Waals surface area contributed by atoms with E-state index in [2.05, 4.69) is 5.32 Å². The monoisotopic (exact) mass is 729 g/mol. The van der Waals surface area contributed by atoms with Gasteiger partial charge < -0.3 is 15.0 Å². The quantitative estimate of drug-likeness (QED) is 0.136. The predicted octanol–water partition coefficient (Wildman–Crippen LogP) is 7.65. The van der Waals surface area contributed by atoms with Gasteiger partial charge in [-0.05, 0) is 72.5 Å². The maximum atomic E-state index is 14.7. The van der Waals surface area contributed by atoms with Gasteiger partial charge in [0.05, 0.1) is 17.2 Å². The van der Waals surface area contributed by atoms with Crippen LogP contribution in [-0.4, -0.2) is 50.9 Å². The maximum absolute atomic E-state index is 14.7. The Morgan fingerprint density at radius 1 is 0.854 bits per heavy atom. The normalized spacial score (nSPS) is 12.0. The number of nitrogens with one attached hydrogen (secondary N) is 1. The molecule has 0 aliphatic carbocycles. The number of hydrogen-bond acceptors (Lipinski definition) is 5. The van der Waals surface area contributed by atoms with Crippen LogP contribution in [0.4, 0.5) is 5.69 Å². The Kier molecular flexibility index (Phi) is 13.2. The van der Waals surface area contributed by atoms with E-state index in [0.29, 0.717) is 27.2 Å². The summed E-state index contributed by atoms with van der Waals surface area (Å²) < 4.78 is 35.5. The highest BCUT2D eigenvalue weighted by atomic mass is 35.5. The average Bonchev–Trinajstić information content (AvgIpc) is 3.06. The van der Waals surface area contributed by atoms with Gasteiger partial charge in [-0.15, -0.1) is 0 Å². The number of carbonyl (C=O) groups is 2. The van der Waals surface area contributed by atoms with E-state index >= 15 is 0 Å². The zero-order valence-electron chi connectivity index (χ0n) is 26.9. The molecule has 0 fully saturated rings. The summed E-state index contributed by atoms with van der Waals surface area (Å²) in [5.41, 5.74) is 1.51. The number of benzene rings is 4. The standard InChI is InChI=1S/C36H38Cl3N3O5S/c1-4-47-34-13-9-8-12-32(34)42(48(45,46)30-18-16-28(37)17-19-30)24-35(43)41(23-27-14-15-29(38)21-31(27)39)33(36(44)40-22-25(2)3)20-26-10-6-5-7-11-26/h5-19,21,25,33H,4,20,22-24H2,1-3H3,(H,40,44)/t33-/m1/s1. The van der Waals surface area contributed by atoms with E-state index in [1.807, 2.05) is 44.2 Å². The summed E-state index contributed by atoms with van der Waals surface area (Å²) in [6, 6.07) is 25.4. The van der Waals surface area contributed by atoms with Crippen LogP contribution < -0.4 is 14.4 Å². The fourth-order valence-electron chi connectivity index (χ4n) is 5.00. The van der Waals surface area contributed by atoms with Gasteiger partial charge in [0, 0.05) is 34.6 Å². The van der Waals surface area contributed by atoms with Crippen LogP contribution in [0.3, 0.4) is 0 Å². The van der Waals surface area contributed by atoms with Crippen molar-refractivity contribution in [1.29, 1.82) is 0 Å². The van der Waals surface area contributed by atoms with Crippen molar-refractivity contribution in [2.24, 2.45) is 5.92 Å². The second-order valence-electron chi connectivity index (χ2n) is 11.5. The third kappa shape index (κ3) is 9.66. The lowest BCUT2D eigenvalue weighted by molar-refractivity contribution is -0.140. The number of amides is 2. The molecule has 0 radical (unpaired) electrons. The van der Waals surface area contributed by atoms with E-state index in [4.69, 9.17) is 39.5 Å². The Morgan fingerprint density at radius 2 is 1.50 bits per heavy atom. The minimum Gasteiger partial charge on any atom is -0.492 e. The van der Waals surface area contributed by atoms with Gasteiger partial charge in [-0.1, -0.05) is 97.2 Å². The molecule has 4 aromatic carbocycles. The van der Waals surface area contributed by atoms with Gasteiger partial charge in [-0.2, -0.15) is 0 Å². The van der Waals surface area contributed by atoms with Crippen molar-refractivity contribution in [3.63, 3.8) is 0 Å². The number of ether oxygens (including phenoxy) is 1. The first-order valence-electron chi connectivity index (χ1n) is 15.5. The highest BCUT2D eigenvalue weighted by Crippen LogP contribution is 2.33. The van der Waals surface area contributed by atoms with Gasteiger partial charge in [0.2, 0.25) is 11.8 Å². The number of sulfonamides is 1. The van der Waals surface area contributed by atoms with E-state index in [1.165, 1.54) is 29.2 Å². The predicted molar refractivity (Wildman–Crippen MR) is 192 cm³/mol. The molecule has 0 bridgehead atoms. The molecule has 48 heavy (non-hydrogen) atoms. The third-order valence-electron chi connectivity index (χ3n) is 7.43. The van der Waals surface area contributed by atoms with Gasteiger partial charge in [-0.3, -0.25) is 13.9 Å². The molecule has 8 nitrogen and oxygen atoms in total. The molecule has 0 aliphatic heterocycles. The minimum atomic E-state index is -4.35. The van der Waals surface area contributed by atoms with Gasteiger partial charge in [-0.25, -0.2) is 8.42 Å². The molecule has 0 heterocycles. The summed E-state index contributed by atoms with van der Waals surface area (Å²) in [6.07, 6.45) is 0.168. The van der Waals surface area contributed by atoms with Crippen molar-refractivity contribution in [2.45, 2.75) is 44.7 Å². The molecule has 0 spiro atoms. The van der Waals surface area contributed by atoms with Crippen molar-refractivity contribution in [3.05, 3.63) is 123 Å². The highest BCUT2D eigenvalue weighted by Gasteiger charge is 2.36. The van der Waals surface area contributed by atoms with Gasteiger partial charge in [0.1, 0.15) is 18.3 Å². The van der Waals surface area contributed by atoms with E-state index < -0.39 is 28.5 Å². The highest BCUT2D eigenvalue weighted by molar-refractivity contribution is 7.92. The fourth-order valence-corrected chi connectivity index (χ4v) is 7.02. The number of anilines is 1. The zero-order valence-corrected chi connectivity index (χ0v) is 30.0. The Labute approximate surface area is 297 Å². The number of hydrogen-bond donors (Lipinski definition) is 1. The van der Waals surface area contributed by atoms with Crippen LogP contribution in [0.15, 0.2) is 102 Å². The smallest absolute Gasteiger partial charge is 0.264 e. The SMILES string of the molecule is CCOc1ccccc1N(CC(=O)N(Cc1ccc(Cl)cc1Cl)[C@H](Cc1ccccc1)C(=O)NCC(C)C)S(=O)(=O)c1ccc(Cl)cc1. The van der Waals surface area contributed by atoms with Crippen molar-refractivity contribution in [1.82, 2.24) is 10.2 Å². The molecule has 0 aromatic heterocycles. The topological polar surface area (TPSA) is 96.0 Å². The number of rotatable bonds is 15. The molecule has 2 amide bonds. The van der Waals surface area contributed by atoms with E-state index in [9.17, 15) is 18.0 Å². The molecule has 254 valence electrons. The lowest BCUT2D eigenvalue weighted by Gasteiger charge is -2.34. The molecule has 1 N–H and O–H groups in total. The van der Waals surface area contributed by atoms with Crippen LogP contribution in [0.25, 0.3) is 0 Å². The average molecular weight is 731 g/mol. The first kappa shape index (κ1) is 37.1. The van der Waals surface area contributed by atoms with Crippen LogP contribution in [0, 0.1) is 5.92 Å². The number of carbonyl (C=O) groups excluding carboxylic acids is 2. The first-order chi connectivity index (χ1) is 22.9. The number of para-hydroxylation sites is 2. The summed E-state index contributed by atoms with van der Waals surface area (Å²) in [6.45, 7) is 5.62. The van der Waals surface area contributed by atoms with Crippen LogP contribution in [0.5, 0.6) is 5.75 Å². The molecule has 4 rings (SSSR count). The van der Waals surface area contributed by atoms with E-state index in [1.54, 1.807) is 49.4 Å². The lowest BCUT2D eigenvalue weighted by Crippen LogP contribution is -2.53. The lowest BCUT2D eigenvalue weighted by atomic mass is 10.0. The molecular formula is C36H38Cl3N3O5S. The molecular weight excluding hydrogens is 693 g/mol.